The molecule has 1 fully saturated rings. The average molecular weight is 234 g/mol. The van der Waals surface area contributed by atoms with Crippen molar-refractivity contribution in [3.05, 3.63) is 24.3 Å². The number of para-hydroxylation sites is 2. The van der Waals surface area contributed by atoms with Gasteiger partial charge in [0.2, 0.25) is 0 Å². The van der Waals surface area contributed by atoms with Gasteiger partial charge in [0.05, 0.1) is 11.4 Å². The van der Waals surface area contributed by atoms with Crippen LogP contribution >= 0.6 is 0 Å². The normalized spacial score (nSPS) is 19.1. The Morgan fingerprint density at radius 1 is 1.41 bits per heavy atom. The van der Waals surface area contributed by atoms with Crippen molar-refractivity contribution in [2.24, 2.45) is 0 Å². The SMILES string of the molecule is CN(C)c1ccccc1NC(=O)C1CCCO1. The lowest BCUT2D eigenvalue weighted by Gasteiger charge is -2.18. The molecule has 1 aromatic rings. The largest absolute Gasteiger partial charge is 0.376 e. The summed E-state index contributed by atoms with van der Waals surface area (Å²) in [5, 5.41) is 2.93. The maximum absolute atomic E-state index is 11.9. The quantitative estimate of drug-likeness (QED) is 0.868. The fraction of sp³-hybridized carbons (Fsp3) is 0.462. The van der Waals surface area contributed by atoms with Gasteiger partial charge in [0.25, 0.3) is 5.91 Å². The number of nitrogens with zero attached hydrogens (tertiary/aromatic N) is 1. The molecule has 0 saturated carbocycles. The molecule has 1 N–H and O–H groups in total. The minimum absolute atomic E-state index is 0.0446. The van der Waals surface area contributed by atoms with Crippen molar-refractivity contribution in [3.8, 4) is 0 Å². The van der Waals surface area contributed by atoms with Gasteiger partial charge in [-0.2, -0.15) is 0 Å². The van der Waals surface area contributed by atoms with Crippen LogP contribution in [0.4, 0.5) is 11.4 Å². The third-order valence-corrected chi connectivity index (χ3v) is 2.87. The topological polar surface area (TPSA) is 41.6 Å². The Bertz CT molecular complexity index is 398. The minimum atomic E-state index is -0.287. The number of ether oxygens (including phenoxy) is 1. The summed E-state index contributed by atoms with van der Waals surface area (Å²) in [7, 11) is 3.91. The Balaban J connectivity index is 2.09. The summed E-state index contributed by atoms with van der Waals surface area (Å²) in [4.78, 5) is 13.9. The first-order valence-electron chi connectivity index (χ1n) is 5.87. The third-order valence-electron chi connectivity index (χ3n) is 2.87. The Morgan fingerprint density at radius 2 is 2.18 bits per heavy atom. The zero-order valence-corrected chi connectivity index (χ0v) is 10.3. The van der Waals surface area contributed by atoms with E-state index in [9.17, 15) is 4.79 Å². The second-order valence-corrected chi connectivity index (χ2v) is 4.40. The van der Waals surface area contributed by atoms with Crippen molar-refractivity contribution in [3.63, 3.8) is 0 Å². The molecule has 4 nitrogen and oxygen atoms in total. The summed E-state index contributed by atoms with van der Waals surface area (Å²) >= 11 is 0. The molecule has 1 heterocycles. The first-order chi connectivity index (χ1) is 8.18. The molecule has 17 heavy (non-hydrogen) atoms. The van der Waals surface area contributed by atoms with Crippen LogP contribution in [0.3, 0.4) is 0 Å². The van der Waals surface area contributed by atoms with E-state index >= 15 is 0 Å². The number of carbonyl (C=O) groups excluding carboxylic acids is 1. The maximum Gasteiger partial charge on any atom is 0.253 e. The van der Waals surface area contributed by atoms with Crippen LogP contribution in [-0.4, -0.2) is 32.7 Å². The molecule has 4 heteroatoms. The lowest BCUT2D eigenvalue weighted by Crippen LogP contribution is -2.27. The van der Waals surface area contributed by atoms with Crippen LogP contribution in [0.2, 0.25) is 0 Å². The zero-order chi connectivity index (χ0) is 12.3. The molecular weight excluding hydrogens is 216 g/mol. The van der Waals surface area contributed by atoms with E-state index in [2.05, 4.69) is 5.32 Å². The molecule has 1 aliphatic rings. The molecular formula is C13H18N2O2. The number of rotatable bonds is 3. The molecule has 92 valence electrons. The summed E-state index contributed by atoms with van der Waals surface area (Å²) < 4.78 is 5.36. The molecule has 1 aliphatic heterocycles. The van der Waals surface area contributed by atoms with Crippen molar-refractivity contribution in [1.82, 2.24) is 0 Å². The van der Waals surface area contributed by atoms with Gasteiger partial charge in [-0.25, -0.2) is 0 Å². The van der Waals surface area contributed by atoms with Crippen LogP contribution in [0, 0.1) is 0 Å². The fourth-order valence-corrected chi connectivity index (χ4v) is 1.97. The van der Waals surface area contributed by atoms with Crippen LogP contribution in [0.25, 0.3) is 0 Å². The highest BCUT2D eigenvalue weighted by molar-refractivity contribution is 5.97. The summed E-state index contributed by atoms with van der Waals surface area (Å²) in [6.07, 6.45) is 1.49. The van der Waals surface area contributed by atoms with E-state index in [4.69, 9.17) is 4.74 Å². The van der Waals surface area contributed by atoms with E-state index in [0.717, 1.165) is 24.2 Å². The van der Waals surface area contributed by atoms with Crippen LogP contribution in [0.15, 0.2) is 24.3 Å². The smallest absolute Gasteiger partial charge is 0.253 e. The molecule has 0 radical (unpaired) electrons. The average Bonchev–Trinajstić information content (AvgIpc) is 2.83. The van der Waals surface area contributed by atoms with Gasteiger partial charge in [0, 0.05) is 20.7 Å². The van der Waals surface area contributed by atoms with E-state index in [-0.39, 0.29) is 12.0 Å². The molecule has 1 unspecified atom stereocenters. The van der Waals surface area contributed by atoms with Crippen LogP contribution in [-0.2, 0) is 9.53 Å². The van der Waals surface area contributed by atoms with Crippen LogP contribution < -0.4 is 10.2 Å². The van der Waals surface area contributed by atoms with Crippen molar-refractivity contribution in [2.75, 3.05) is 30.9 Å². The number of nitrogens with one attached hydrogen (secondary N) is 1. The van der Waals surface area contributed by atoms with Gasteiger partial charge in [-0.15, -0.1) is 0 Å². The lowest BCUT2D eigenvalue weighted by atomic mass is 10.2. The Labute approximate surface area is 102 Å². The van der Waals surface area contributed by atoms with Crippen molar-refractivity contribution in [1.29, 1.82) is 0 Å². The molecule has 2 rings (SSSR count). The molecule has 1 aromatic carbocycles. The third kappa shape index (κ3) is 2.77. The maximum atomic E-state index is 11.9. The van der Waals surface area contributed by atoms with Gasteiger partial charge in [0.15, 0.2) is 0 Å². The van der Waals surface area contributed by atoms with Gasteiger partial charge >= 0.3 is 0 Å². The summed E-state index contributed by atoms with van der Waals surface area (Å²) in [6.45, 7) is 0.688. The Morgan fingerprint density at radius 3 is 2.82 bits per heavy atom. The molecule has 0 bridgehead atoms. The number of hydrogen-bond donors (Lipinski definition) is 1. The number of carbonyl (C=O) groups is 1. The van der Waals surface area contributed by atoms with Gasteiger partial charge < -0.3 is 15.0 Å². The Hall–Kier alpha value is -1.55. The van der Waals surface area contributed by atoms with Crippen LogP contribution in [0.1, 0.15) is 12.8 Å². The molecule has 0 aliphatic carbocycles. The molecule has 1 atom stereocenters. The van der Waals surface area contributed by atoms with Crippen molar-refractivity contribution < 1.29 is 9.53 Å². The van der Waals surface area contributed by atoms with Gasteiger partial charge in [-0.05, 0) is 25.0 Å². The van der Waals surface area contributed by atoms with Crippen molar-refractivity contribution >= 4 is 17.3 Å². The lowest BCUT2D eigenvalue weighted by molar-refractivity contribution is -0.124. The molecule has 0 spiro atoms. The van der Waals surface area contributed by atoms with E-state index < -0.39 is 0 Å². The van der Waals surface area contributed by atoms with Crippen molar-refractivity contribution in [2.45, 2.75) is 18.9 Å². The van der Waals surface area contributed by atoms with Gasteiger partial charge in [0.1, 0.15) is 6.10 Å². The van der Waals surface area contributed by atoms with Crippen LogP contribution in [0.5, 0.6) is 0 Å². The number of amides is 1. The highest BCUT2D eigenvalue weighted by Gasteiger charge is 2.24. The van der Waals surface area contributed by atoms with Gasteiger partial charge in [-0.1, -0.05) is 12.1 Å². The second kappa shape index (κ2) is 5.19. The number of hydrogen-bond acceptors (Lipinski definition) is 3. The standard InChI is InChI=1S/C13H18N2O2/c1-15(2)11-7-4-3-6-10(11)14-13(16)12-8-5-9-17-12/h3-4,6-7,12H,5,8-9H2,1-2H3,(H,14,16). The first kappa shape index (κ1) is 11.9. The summed E-state index contributed by atoms with van der Waals surface area (Å²) in [5.41, 5.74) is 1.83. The monoisotopic (exact) mass is 234 g/mol. The highest BCUT2D eigenvalue weighted by atomic mass is 16.5. The van der Waals surface area contributed by atoms with E-state index in [1.807, 2.05) is 43.3 Å². The first-order valence-corrected chi connectivity index (χ1v) is 5.87. The Kier molecular flexibility index (Phi) is 3.64. The predicted octanol–water partition coefficient (Wildman–Crippen LogP) is 1.87. The molecule has 1 amide bonds. The van der Waals surface area contributed by atoms with Gasteiger partial charge in [-0.3, -0.25) is 4.79 Å². The number of benzene rings is 1. The minimum Gasteiger partial charge on any atom is -0.376 e. The second-order valence-electron chi connectivity index (χ2n) is 4.40. The zero-order valence-electron chi connectivity index (χ0n) is 10.3. The van der Waals surface area contributed by atoms with E-state index in [1.54, 1.807) is 0 Å². The summed E-state index contributed by atoms with van der Waals surface area (Å²) in [6, 6.07) is 7.75. The molecule has 0 aromatic heterocycles. The molecule has 1 saturated heterocycles. The highest BCUT2D eigenvalue weighted by Crippen LogP contribution is 2.24. The predicted molar refractivity (Wildman–Crippen MR) is 68.4 cm³/mol. The van der Waals surface area contributed by atoms with E-state index in [0.29, 0.717) is 6.61 Å². The number of anilines is 2. The van der Waals surface area contributed by atoms with E-state index in [1.165, 1.54) is 0 Å². The summed E-state index contributed by atoms with van der Waals surface area (Å²) in [5.74, 6) is -0.0446. The fourth-order valence-electron chi connectivity index (χ4n) is 1.97.